The highest BCUT2D eigenvalue weighted by Crippen LogP contribution is 2.07. The third-order valence-corrected chi connectivity index (χ3v) is 2.91. The van der Waals surface area contributed by atoms with Crippen LogP contribution in [0.25, 0.3) is 0 Å². The average Bonchev–Trinajstić information content (AvgIpc) is 2.39. The van der Waals surface area contributed by atoms with Crippen molar-refractivity contribution in [2.24, 2.45) is 0 Å². The van der Waals surface area contributed by atoms with Crippen LogP contribution in [0, 0.1) is 0 Å². The van der Waals surface area contributed by atoms with Gasteiger partial charge in [-0.1, -0.05) is 60.8 Å². The first-order valence-electron chi connectivity index (χ1n) is 5.51. The number of hydrogen-bond donors (Lipinski definition) is 0. The minimum Gasteiger partial charge on any atom is -0.497 e. The summed E-state index contributed by atoms with van der Waals surface area (Å²) in [5, 5.41) is 0. The van der Waals surface area contributed by atoms with E-state index >= 15 is 0 Å². The van der Waals surface area contributed by atoms with Gasteiger partial charge in [-0.05, 0) is 11.5 Å². The fourth-order valence-electron chi connectivity index (χ4n) is 1.95. The van der Waals surface area contributed by atoms with E-state index in [0.717, 1.165) is 5.75 Å². The quantitative estimate of drug-likeness (QED) is 0.703. The van der Waals surface area contributed by atoms with Crippen molar-refractivity contribution in [3.63, 3.8) is 0 Å². The van der Waals surface area contributed by atoms with Crippen molar-refractivity contribution in [1.82, 2.24) is 0 Å². The van der Waals surface area contributed by atoms with Gasteiger partial charge in [-0.15, -0.1) is 0 Å². The summed E-state index contributed by atoms with van der Waals surface area (Å²) >= 11 is 0. The molecular weight excluding hydrogens is 195 g/mol. The molecule has 0 fully saturated rings. The second kappa shape index (κ2) is 4.89. The van der Waals surface area contributed by atoms with Gasteiger partial charge in [-0.3, -0.25) is 0 Å². The Kier molecular flexibility index (Phi) is 3.30. The van der Waals surface area contributed by atoms with E-state index in [2.05, 4.69) is 43.2 Å². The number of para-hydroxylation sites is 1. The van der Waals surface area contributed by atoms with Crippen molar-refractivity contribution in [1.29, 1.82) is 0 Å². The molecule has 0 aliphatic heterocycles. The zero-order chi connectivity index (χ0) is 11.4. The zero-order valence-electron chi connectivity index (χ0n) is 9.68. The first-order valence-corrected chi connectivity index (χ1v) is 5.51. The summed E-state index contributed by atoms with van der Waals surface area (Å²) in [5.41, 5.74) is 2.54. The second-order valence-corrected chi connectivity index (χ2v) is 3.87. The van der Waals surface area contributed by atoms with E-state index in [9.17, 15) is 0 Å². The molecule has 0 aliphatic rings. The van der Waals surface area contributed by atoms with Gasteiger partial charge in [0.1, 0.15) is 5.75 Å². The van der Waals surface area contributed by atoms with Crippen LogP contribution in [0.4, 0.5) is 0 Å². The summed E-state index contributed by atoms with van der Waals surface area (Å²) in [6.45, 7) is 2.56. The van der Waals surface area contributed by atoms with Crippen molar-refractivity contribution in [3.05, 3.63) is 54.6 Å². The van der Waals surface area contributed by atoms with E-state index in [1.165, 1.54) is 10.9 Å². The van der Waals surface area contributed by atoms with E-state index in [1.54, 1.807) is 7.11 Å². The highest BCUT2D eigenvalue weighted by Gasteiger charge is 2.16. The Labute approximate surface area is 97.2 Å². The monoisotopic (exact) mass is 210 g/mol. The third kappa shape index (κ3) is 2.11. The normalized spacial score (nSPS) is 9.88. The lowest BCUT2D eigenvalue weighted by Crippen LogP contribution is -2.39. The van der Waals surface area contributed by atoms with Crippen LogP contribution in [-0.2, 0) is 0 Å². The lowest BCUT2D eigenvalue weighted by Gasteiger charge is -2.13. The molecule has 0 bridgehead atoms. The first kappa shape index (κ1) is 10.8. The number of methoxy groups -OCH3 is 1. The second-order valence-electron chi connectivity index (χ2n) is 3.87. The molecule has 80 valence electrons. The van der Waals surface area contributed by atoms with Crippen molar-refractivity contribution in [2.45, 2.75) is 6.82 Å². The molecule has 0 heterocycles. The van der Waals surface area contributed by atoms with Crippen LogP contribution in [0.2, 0.25) is 6.82 Å². The van der Waals surface area contributed by atoms with E-state index < -0.39 is 0 Å². The molecule has 0 radical (unpaired) electrons. The molecule has 0 atom stereocenters. The largest absolute Gasteiger partial charge is 0.497 e. The van der Waals surface area contributed by atoms with Crippen molar-refractivity contribution < 1.29 is 4.74 Å². The summed E-state index contributed by atoms with van der Waals surface area (Å²) in [6.07, 6.45) is 0. The van der Waals surface area contributed by atoms with Gasteiger partial charge in [0, 0.05) is 0 Å². The van der Waals surface area contributed by atoms with Crippen LogP contribution in [-0.4, -0.2) is 13.8 Å². The van der Waals surface area contributed by atoms with Gasteiger partial charge in [0.05, 0.1) is 7.11 Å². The highest BCUT2D eigenvalue weighted by atomic mass is 16.5. The summed E-state index contributed by atoms with van der Waals surface area (Å²) in [6, 6.07) is 18.7. The maximum Gasteiger partial charge on any atom is 0.211 e. The molecule has 16 heavy (non-hydrogen) atoms. The first-order chi connectivity index (χ1) is 7.83. The highest BCUT2D eigenvalue weighted by molar-refractivity contribution is 6.84. The fourth-order valence-corrected chi connectivity index (χ4v) is 1.95. The standard InChI is InChI=1S/C14H15BO/c1-15(12-8-4-3-5-9-12)13-10-6-7-11-14(13)16-2/h3-11H,1-2H3. The summed E-state index contributed by atoms with van der Waals surface area (Å²) in [4.78, 5) is 0. The molecule has 0 unspecified atom stereocenters. The number of benzene rings is 2. The maximum absolute atomic E-state index is 5.39. The van der Waals surface area contributed by atoms with E-state index in [4.69, 9.17) is 4.74 Å². The van der Waals surface area contributed by atoms with Crippen molar-refractivity contribution >= 4 is 17.6 Å². The van der Waals surface area contributed by atoms with Crippen LogP contribution in [0.1, 0.15) is 0 Å². The van der Waals surface area contributed by atoms with Gasteiger partial charge in [-0.2, -0.15) is 0 Å². The topological polar surface area (TPSA) is 9.23 Å². The Morgan fingerprint density at radius 2 is 1.50 bits per heavy atom. The Bertz CT molecular complexity index is 453. The smallest absolute Gasteiger partial charge is 0.211 e. The lowest BCUT2D eigenvalue weighted by molar-refractivity contribution is 0.418. The molecule has 2 heteroatoms. The van der Waals surface area contributed by atoms with Gasteiger partial charge in [-0.25, -0.2) is 0 Å². The minimum atomic E-state index is 0.359. The van der Waals surface area contributed by atoms with Crippen LogP contribution in [0.15, 0.2) is 54.6 Å². The molecule has 0 spiro atoms. The third-order valence-electron chi connectivity index (χ3n) is 2.91. The molecule has 2 aromatic rings. The summed E-state index contributed by atoms with van der Waals surface area (Å²) in [5.74, 6) is 0.957. The predicted octanol–water partition coefficient (Wildman–Crippen LogP) is 1.93. The lowest BCUT2D eigenvalue weighted by atomic mass is 9.42. The molecule has 2 rings (SSSR count). The summed E-state index contributed by atoms with van der Waals surface area (Å²) < 4.78 is 5.39. The fraction of sp³-hybridized carbons (Fsp3) is 0.143. The molecule has 0 saturated heterocycles. The van der Waals surface area contributed by atoms with E-state index in [-0.39, 0.29) is 0 Å². The Morgan fingerprint density at radius 3 is 2.19 bits per heavy atom. The molecule has 0 aliphatic carbocycles. The zero-order valence-corrected chi connectivity index (χ0v) is 9.68. The van der Waals surface area contributed by atoms with Crippen molar-refractivity contribution in [2.75, 3.05) is 7.11 Å². The van der Waals surface area contributed by atoms with Gasteiger partial charge in [0.2, 0.25) is 6.71 Å². The molecule has 0 amide bonds. The Balaban J connectivity index is 2.37. The number of ether oxygens (including phenoxy) is 1. The molecule has 1 nitrogen and oxygen atoms in total. The average molecular weight is 210 g/mol. The maximum atomic E-state index is 5.39. The van der Waals surface area contributed by atoms with Gasteiger partial charge < -0.3 is 4.74 Å². The molecular formula is C14H15BO. The number of rotatable bonds is 3. The Morgan fingerprint density at radius 1 is 0.875 bits per heavy atom. The van der Waals surface area contributed by atoms with Crippen LogP contribution in [0.3, 0.4) is 0 Å². The van der Waals surface area contributed by atoms with E-state index in [0.29, 0.717) is 6.71 Å². The predicted molar refractivity (Wildman–Crippen MR) is 70.3 cm³/mol. The summed E-state index contributed by atoms with van der Waals surface area (Å²) in [7, 11) is 1.72. The van der Waals surface area contributed by atoms with Crippen molar-refractivity contribution in [3.8, 4) is 5.75 Å². The minimum absolute atomic E-state index is 0.359. The molecule has 2 aromatic carbocycles. The van der Waals surface area contributed by atoms with Crippen LogP contribution < -0.4 is 15.7 Å². The molecule has 0 N–H and O–H groups in total. The number of hydrogen-bond acceptors (Lipinski definition) is 1. The Hall–Kier alpha value is -1.70. The van der Waals surface area contributed by atoms with E-state index in [1.807, 2.05) is 18.2 Å². The van der Waals surface area contributed by atoms with Gasteiger partial charge in [0.25, 0.3) is 0 Å². The molecule has 0 saturated carbocycles. The van der Waals surface area contributed by atoms with Gasteiger partial charge >= 0.3 is 0 Å². The molecule has 0 aromatic heterocycles. The van der Waals surface area contributed by atoms with Crippen LogP contribution >= 0.6 is 0 Å². The van der Waals surface area contributed by atoms with Crippen LogP contribution in [0.5, 0.6) is 5.75 Å². The van der Waals surface area contributed by atoms with Gasteiger partial charge in [0.15, 0.2) is 0 Å². The SMILES string of the molecule is COc1ccccc1B(C)c1ccccc1.